The van der Waals surface area contributed by atoms with Crippen LogP contribution < -0.4 is 10.2 Å². The summed E-state index contributed by atoms with van der Waals surface area (Å²) in [5.74, 6) is 0.374. The van der Waals surface area contributed by atoms with Crippen LogP contribution in [-0.2, 0) is 10.3 Å². The Labute approximate surface area is 241 Å². The molecule has 5 rings (SSSR count). The van der Waals surface area contributed by atoms with Crippen molar-refractivity contribution in [3.63, 3.8) is 0 Å². The van der Waals surface area contributed by atoms with E-state index in [0.29, 0.717) is 11.4 Å². The third kappa shape index (κ3) is 6.58. The van der Waals surface area contributed by atoms with Gasteiger partial charge in [0.05, 0.1) is 11.4 Å². The standard InChI is InChI=1S/C19H22N2OS.C13H16ClNO/c1-14(22)15-9-10-19-17(13-15)21(12-6-11-20(2)3)16-7-4-5-8-18(16)23-19;1-15-13(9-5-4-8-12(13)16)10-6-2-3-7-11(10)14/h4-5,7-10,13H,6,11-12H2,1-3H3;2-3,6-7,15H,4-5,8-9H2,1H3. The SMILES string of the molecule is CC(=O)c1ccc2c(c1)N(CCCN(C)C)c1ccccc1S2.CNC1(c2ccccc2Cl)CCCCC1=O. The molecule has 5 nitrogen and oxygen atoms in total. The van der Waals surface area contributed by atoms with Gasteiger partial charge in [-0.05, 0) is 89.8 Å². The van der Waals surface area contributed by atoms with E-state index in [0.717, 1.165) is 55.6 Å². The van der Waals surface area contributed by atoms with E-state index in [1.54, 1.807) is 18.7 Å². The third-order valence-corrected chi connectivity index (χ3v) is 8.92. The quantitative estimate of drug-likeness (QED) is 0.303. The second-order valence-electron chi connectivity index (χ2n) is 10.4. The number of carbonyl (C=O) groups excluding carboxylic acids is 2. The Morgan fingerprint density at radius 3 is 2.44 bits per heavy atom. The number of Topliss-reactive ketones (excluding diaryl/α,β-unsaturated/α-hetero) is 2. The van der Waals surface area contributed by atoms with Gasteiger partial charge in [-0.25, -0.2) is 0 Å². The molecule has 3 aromatic carbocycles. The lowest BCUT2D eigenvalue weighted by atomic mass is 9.75. The molecule has 2 aliphatic rings. The molecule has 1 saturated carbocycles. The Bertz CT molecular complexity index is 1330. The minimum absolute atomic E-state index is 0.116. The van der Waals surface area contributed by atoms with Gasteiger partial charge in [0.15, 0.2) is 11.6 Å². The summed E-state index contributed by atoms with van der Waals surface area (Å²) >= 11 is 7.98. The van der Waals surface area contributed by atoms with E-state index >= 15 is 0 Å². The first-order chi connectivity index (χ1) is 18.8. The molecule has 1 heterocycles. The van der Waals surface area contributed by atoms with E-state index < -0.39 is 5.54 Å². The average Bonchev–Trinajstić information content (AvgIpc) is 2.93. The topological polar surface area (TPSA) is 52.7 Å². The van der Waals surface area contributed by atoms with Gasteiger partial charge in [-0.15, -0.1) is 0 Å². The number of halogens is 1. The molecule has 1 aliphatic carbocycles. The molecule has 1 aliphatic heterocycles. The zero-order valence-corrected chi connectivity index (χ0v) is 24.9. The smallest absolute Gasteiger partial charge is 0.159 e. The molecule has 0 amide bonds. The van der Waals surface area contributed by atoms with Crippen molar-refractivity contribution in [3.05, 3.63) is 82.9 Å². The van der Waals surface area contributed by atoms with Crippen LogP contribution in [0.25, 0.3) is 0 Å². The Balaban J connectivity index is 0.000000193. The fourth-order valence-corrected chi connectivity index (χ4v) is 6.73. The summed E-state index contributed by atoms with van der Waals surface area (Å²) in [7, 11) is 6.04. The van der Waals surface area contributed by atoms with Gasteiger partial charge in [0.25, 0.3) is 0 Å². The van der Waals surface area contributed by atoms with Crippen LogP contribution in [0.15, 0.2) is 76.5 Å². The Hall–Kier alpha value is -2.64. The number of hydrogen-bond acceptors (Lipinski definition) is 6. The van der Waals surface area contributed by atoms with Crippen molar-refractivity contribution in [3.8, 4) is 0 Å². The van der Waals surface area contributed by atoms with Crippen molar-refractivity contribution in [2.24, 2.45) is 0 Å². The van der Waals surface area contributed by atoms with Crippen LogP contribution >= 0.6 is 23.4 Å². The molecular formula is C32H38ClN3O2S. The maximum Gasteiger partial charge on any atom is 0.159 e. The van der Waals surface area contributed by atoms with E-state index in [4.69, 9.17) is 11.6 Å². The fourth-order valence-electron chi connectivity index (χ4n) is 5.35. The van der Waals surface area contributed by atoms with Gasteiger partial charge in [-0.2, -0.15) is 0 Å². The predicted octanol–water partition coefficient (Wildman–Crippen LogP) is 7.34. The van der Waals surface area contributed by atoms with Crippen molar-refractivity contribution in [1.82, 2.24) is 10.2 Å². The lowest BCUT2D eigenvalue weighted by Crippen LogP contribution is -2.49. The van der Waals surface area contributed by atoms with Gasteiger partial charge in [-0.3, -0.25) is 9.59 Å². The minimum atomic E-state index is -0.559. The van der Waals surface area contributed by atoms with Crippen molar-refractivity contribution in [2.75, 3.05) is 39.1 Å². The maximum atomic E-state index is 12.2. The third-order valence-electron chi connectivity index (χ3n) is 7.46. The number of para-hydroxylation sites is 1. The number of carbonyl (C=O) groups is 2. The molecule has 206 valence electrons. The molecule has 1 atom stereocenters. The number of nitrogens with one attached hydrogen (secondary N) is 1. The summed E-state index contributed by atoms with van der Waals surface area (Å²) in [6.07, 6.45) is 4.62. The first-order valence-corrected chi connectivity index (χ1v) is 14.8. The van der Waals surface area contributed by atoms with E-state index in [2.05, 4.69) is 59.5 Å². The summed E-state index contributed by atoms with van der Waals surface area (Å²) in [5.41, 5.74) is 3.53. The molecule has 39 heavy (non-hydrogen) atoms. The van der Waals surface area contributed by atoms with E-state index in [9.17, 15) is 9.59 Å². The van der Waals surface area contributed by atoms with Crippen LogP contribution in [0.1, 0.15) is 54.9 Å². The molecule has 0 spiro atoms. The molecule has 7 heteroatoms. The number of hydrogen-bond donors (Lipinski definition) is 1. The highest BCUT2D eigenvalue weighted by atomic mass is 35.5. The zero-order chi connectivity index (χ0) is 28.0. The Kier molecular flexibility index (Phi) is 9.89. The molecule has 1 N–H and O–H groups in total. The van der Waals surface area contributed by atoms with Crippen LogP contribution in [-0.4, -0.2) is 50.7 Å². The molecular weight excluding hydrogens is 526 g/mol. The normalized spacial score (nSPS) is 18.2. The van der Waals surface area contributed by atoms with Crippen molar-refractivity contribution in [1.29, 1.82) is 0 Å². The average molecular weight is 564 g/mol. The van der Waals surface area contributed by atoms with Gasteiger partial charge in [0.2, 0.25) is 0 Å². The number of anilines is 2. The molecule has 0 radical (unpaired) electrons. The summed E-state index contributed by atoms with van der Waals surface area (Å²) < 4.78 is 0. The molecule has 0 saturated heterocycles. The summed E-state index contributed by atoms with van der Waals surface area (Å²) in [6.45, 7) is 3.62. The number of fused-ring (bicyclic) bond motifs is 2. The number of likely N-dealkylation sites (N-methyl/N-ethyl adjacent to an activating group) is 1. The summed E-state index contributed by atoms with van der Waals surface area (Å²) in [6, 6.07) is 22.2. The van der Waals surface area contributed by atoms with E-state index in [1.165, 1.54) is 15.5 Å². The van der Waals surface area contributed by atoms with Crippen LogP contribution in [0.4, 0.5) is 11.4 Å². The second-order valence-corrected chi connectivity index (χ2v) is 11.9. The van der Waals surface area contributed by atoms with Gasteiger partial charge in [-0.1, -0.05) is 66.2 Å². The summed E-state index contributed by atoms with van der Waals surface area (Å²) in [5, 5.41) is 3.86. The highest BCUT2D eigenvalue weighted by Gasteiger charge is 2.41. The van der Waals surface area contributed by atoms with Crippen LogP contribution in [0, 0.1) is 0 Å². The first kappa shape index (κ1) is 29.3. The lowest BCUT2D eigenvalue weighted by molar-refractivity contribution is -0.127. The zero-order valence-electron chi connectivity index (χ0n) is 23.3. The van der Waals surface area contributed by atoms with Crippen LogP contribution in [0.2, 0.25) is 5.02 Å². The van der Waals surface area contributed by atoms with Gasteiger partial charge >= 0.3 is 0 Å². The monoisotopic (exact) mass is 563 g/mol. The molecule has 1 unspecified atom stereocenters. The Morgan fingerprint density at radius 2 is 1.74 bits per heavy atom. The molecule has 0 aromatic heterocycles. The van der Waals surface area contributed by atoms with Gasteiger partial charge < -0.3 is 15.1 Å². The molecule has 0 bridgehead atoms. The molecule has 1 fully saturated rings. The van der Waals surface area contributed by atoms with Gasteiger partial charge in [0.1, 0.15) is 5.54 Å². The number of benzene rings is 3. The van der Waals surface area contributed by atoms with Gasteiger partial charge in [0, 0.05) is 33.3 Å². The first-order valence-electron chi connectivity index (χ1n) is 13.6. The number of rotatable bonds is 7. The van der Waals surface area contributed by atoms with E-state index in [-0.39, 0.29) is 11.6 Å². The van der Waals surface area contributed by atoms with E-state index in [1.807, 2.05) is 43.4 Å². The number of ketones is 2. The van der Waals surface area contributed by atoms with Crippen molar-refractivity contribution in [2.45, 2.75) is 54.4 Å². The second kappa shape index (κ2) is 13.1. The van der Waals surface area contributed by atoms with Crippen LogP contribution in [0.5, 0.6) is 0 Å². The van der Waals surface area contributed by atoms with Crippen molar-refractivity contribution >= 4 is 46.3 Å². The largest absolute Gasteiger partial charge is 0.340 e. The maximum absolute atomic E-state index is 12.2. The Morgan fingerprint density at radius 1 is 1.03 bits per heavy atom. The summed E-state index contributed by atoms with van der Waals surface area (Å²) in [4.78, 5) is 31.0. The highest BCUT2D eigenvalue weighted by Crippen LogP contribution is 2.48. The highest BCUT2D eigenvalue weighted by molar-refractivity contribution is 7.99. The van der Waals surface area contributed by atoms with Crippen molar-refractivity contribution < 1.29 is 9.59 Å². The lowest BCUT2D eigenvalue weighted by Gasteiger charge is -2.36. The predicted molar refractivity (Wildman–Crippen MR) is 163 cm³/mol. The van der Waals surface area contributed by atoms with Crippen LogP contribution in [0.3, 0.4) is 0 Å². The fraction of sp³-hybridized carbons (Fsp3) is 0.375. The minimum Gasteiger partial charge on any atom is -0.340 e. The molecule has 3 aromatic rings. The number of nitrogens with zero attached hydrogens (tertiary/aromatic N) is 2.